The van der Waals surface area contributed by atoms with E-state index in [1.165, 1.54) is 29.2 Å². The summed E-state index contributed by atoms with van der Waals surface area (Å²) in [6, 6.07) is 4.18. The SMILES string of the molecule is CCN(CC(CCC(F)(F)F)[N+](=O)[O-])c1ccccc1[N+](=O)[O-]. The molecule has 1 unspecified atom stereocenters. The Labute approximate surface area is 130 Å². The van der Waals surface area contributed by atoms with Crippen molar-refractivity contribution in [1.82, 2.24) is 0 Å². The van der Waals surface area contributed by atoms with Gasteiger partial charge in [-0.15, -0.1) is 0 Å². The molecule has 0 aliphatic rings. The number of hydrogen-bond acceptors (Lipinski definition) is 5. The number of alkyl halides is 3. The molecule has 7 nitrogen and oxygen atoms in total. The van der Waals surface area contributed by atoms with E-state index in [0.29, 0.717) is 0 Å². The summed E-state index contributed by atoms with van der Waals surface area (Å²) >= 11 is 0. The maximum atomic E-state index is 12.3. The van der Waals surface area contributed by atoms with Gasteiger partial charge in [-0.3, -0.25) is 20.2 Å². The number of benzene rings is 1. The second-order valence-corrected chi connectivity index (χ2v) is 4.88. The summed E-state index contributed by atoms with van der Waals surface area (Å²) in [5.74, 6) is 0. The minimum absolute atomic E-state index is 0.152. The molecular weight excluding hydrogens is 319 g/mol. The predicted octanol–water partition coefficient (Wildman–Crippen LogP) is 3.41. The molecule has 23 heavy (non-hydrogen) atoms. The summed E-state index contributed by atoms with van der Waals surface area (Å²) < 4.78 is 36.8. The molecule has 1 aromatic carbocycles. The zero-order valence-electron chi connectivity index (χ0n) is 12.3. The normalized spacial score (nSPS) is 12.7. The van der Waals surface area contributed by atoms with Crippen LogP contribution in [0, 0.1) is 20.2 Å². The Morgan fingerprint density at radius 2 is 1.83 bits per heavy atom. The Bertz CT molecular complexity index is 566. The van der Waals surface area contributed by atoms with Gasteiger partial charge in [-0.05, 0) is 13.0 Å². The summed E-state index contributed by atoms with van der Waals surface area (Å²) in [4.78, 5) is 22.0. The van der Waals surface area contributed by atoms with Gasteiger partial charge in [0.25, 0.3) is 5.69 Å². The lowest BCUT2D eigenvalue weighted by Crippen LogP contribution is -2.37. The molecule has 0 heterocycles. The van der Waals surface area contributed by atoms with Crippen molar-refractivity contribution in [2.24, 2.45) is 0 Å². The van der Waals surface area contributed by atoms with Crippen LogP contribution >= 0.6 is 0 Å². The molecule has 0 bridgehead atoms. The predicted molar refractivity (Wildman–Crippen MR) is 77.1 cm³/mol. The highest BCUT2D eigenvalue weighted by Gasteiger charge is 2.33. The summed E-state index contributed by atoms with van der Waals surface area (Å²) in [6.45, 7) is 1.49. The monoisotopic (exact) mass is 335 g/mol. The zero-order chi connectivity index (χ0) is 17.6. The largest absolute Gasteiger partial charge is 0.389 e. The number of nitrogens with zero attached hydrogens (tertiary/aromatic N) is 3. The molecule has 0 N–H and O–H groups in total. The topological polar surface area (TPSA) is 89.5 Å². The maximum Gasteiger partial charge on any atom is 0.389 e. The molecular formula is C13H16F3N3O4. The van der Waals surface area contributed by atoms with E-state index in [9.17, 15) is 33.4 Å². The molecule has 0 saturated heterocycles. The Hall–Kier alpha value is -2.39. The van der Waals surface area contributed by atoms with Crippen LogP contribution < -0.4 is 4.90 Å². The fourth-order valence-corrected chi connectivity index (χ4v) is 2.13. The highest BCUT2D eigenvalue weighted by atomic mass is 19.4. The van der Waals surface area contributed by atoms with Crippen LogP contribution in [0.15, 0.2) is 24.3 Å². The highest BCUT2D eigenvalue weighted by molar-refractivity contribution is 5.63. The molecule has 0 aromatic heterocycles. The zero-order valence-corrected chi connectivity index (χ0v) is 12.3. The Balaban J connectivity index is 2.96. The lowest BCUT2D eigenvalue weighted by atomic mass is 10.1. The molecule has 1 aromatic rings. The minimum Gasteiger partial charge on any atom is -0.359 e. The molecule has 0 radical (unpaired) electrons. The minimum atomic E-state index is -4.48. The summed E-state index contributed by atoms with van der Waals surface area (Å²) in [5, 5.41) is 22.0. The van der Waals surface area contributed by atoms with Crippen LogP contribution in [0.5, 0.6) is 0 Å². The van der Waals surface area contributed by atoms with Gasteiger partial charge in [0.2, 0.25) is 6.04 Å². The molecule has 0 aliphatic carbocycles. The lowest BCUT2D eigenvalue weighted by Gasteiger charge is -2.24. The van der Waals surface area contributed by atoms with Crippen molar-refractivity contribution in [1.29, 1.82) is 0 Å². The third-order valence-corrected chi connectivity index (χ3v) is 3.29. The van der Waals surface area contributed by atoms with Gasteiger partial charge in [0.15, 0.2) is 0 Å². The second kappa shape index (κ2) is 7.75. The fraction of sp³-hybridized carbons (Fsp3) is 0.538. The molecule has 0 saturated carbocycles. The van der Waals surface area contributed by atoms with Crippen LogP contribution in [0.25, 0.3) is 0 Å². The first-order valence-electron chi connectivity index (χ1n) is 6.84. The van der Waals surface area contributed by atoms with Crippen LogP contribution in [-0.4, -0.2) is 35.2 Å². The van der Waals surface area contributed by atoms with Crippen molar-refractivity contribution in [3.8, 4) is 0 Å². The average Bonchev–Trinajstić information content (AvgIpc) is 2.46. The van der Waals surface area contributed by atoms with Crippen molar-refractivity contribution in [2.45, 2.75) is 32.0 Å². The second-order valence-electron chi connectivity index (χ2n) is 4.88. The van der Waals surface area contributed by atoms with E-state index < -0.39 is 34.9 Å². The smallest absolute Gasteiger partial charge is 0.359 e. The number of halogens is 3. The lowest BCUT2D eigenvalue weighted by molar-refractivity contribution is -0.521. The first-order chi connectivity index (χ1) is 10.7. The highest BCUT2D eigenvalue weighted by Crippen LogP contribution is 2.29. The molecule has 0 spiro atoms. The van der Waals surface area contributed by atoms with Gasteiger partial charge in [0.1, 0.15) is 5.69 Å². The van der Waals surface area contributed by atoms with E-state index in [-0.39, 0.29) is 24.5 Å². The van der Waals surface area contributed by atoms with Gasteiger partial charge in [0, 0.05) is 24.0 Å². The van der Waals surface area contributed by atoms with E-state index in [0.717, 1.165) is 0 Å². The van der Waals surface area contributed by atoms with Crippen LogP contribution in [0.1, 0.15) is 19.8 Å². The first-order valence-corrected chi connectivity index (χ1v) is 6.84. The van der Waals surface area contributed by atoms with Gasteiger partial charge in [-0.25, -0.2) is 0 Å². The Morgan fingerprint density at radius 1 is 1.22 bits per heavy atom. The van der Waals surface area contributed by atoms with Crippen LogP contribution in [0.3, 0.4) is 0 Å². The van der Waals surface area contributed by atoms with Gasteiger partial charge in [-0.2, -0.15) is 13.2 Å². The number of rotatable bonds is 8. The van der Waals surface area contributed by atoms with Crippen molar-refractivity contribution in [2.75, 3.05) is 18.0 Å². The molecule has 10 heteroatoms. The first kappa shape index (κ1) is 18.7. The van der Waals surface area contributed by atoms with Crippen molar-refractivity contribution < 1.29 is 23.0 Å². The van der Waals surface area contributed by atoms with Gasteiger partial charge >= 0.3 is 6.18 Å². The van der Waals surface area contributed by atoms with Crippen LogP contribution in [0.4, 0.5) is 24.5 Å². The Morgan fingerprint density at radius 3 is 2.30 bits per heavy atom. The van der Waals surface area contributed by atoms with Crippen LogP contribution in [0.2, 0.25) is 0 Å². The number of likely N-dealkylation sites (N-methyl/N-ethyl adjacent to an activating group) is 1. The summed E-state index contributed by atoms with van der Waals surface area (Å²) in [6.07, 6.45) is -6.43. The van der Waals surface area contributed by atoms with Crippen molar-refractivity contribution in [3.05, 3.63) is 44.5 Å². The van der Waals surface area contributed by atoms with Gasteiger partial charge < -0.3 is 4.90 Å². The fourth-order valence-electron chi connectivity index (χ4n) is 2.13. The third kappa shape index (κ3) is 5.72. The van der Waals surface area contributed by atoms with Gasteiger partial charge in [0.05, 0.1) is 17.9 Å². The molecule has 0 aliphatic heterocycles. The molecule has 1 rings (SSSR count). The molecule has 1 atom stereocenters. The Kier molecular flexibility index (Phi) is 6.28. The van der Waals surface area contributed by atoms with E-state index in [1.54, 1.807) is 6.92 Å². The van der Waals surface area contributed by atoms with E-state index >= 15 is 0 Å². The summed E-state index contributed by atoms with van der Waals surface area (Å²) in [7, 11) is 0. The van der Waals surface area contributed by atoms with Crippen LogP contribution in [-0.2, 0) is 0 Å². The molecule has 128 valence electrons. The maximum absolute atomic E-state index is 12.3. The number of nitro groups is 2. The van der Waals surface area contributed by atoms with E-state index in [2.05, 4.69) is 0 Å². The van der Waals surface area contributed by atoms with E-state index in [4.69, 9.17) is 0 Å². The number of nitro benzene ring substituents is 1. The molecule has 0 amide bonds. The van der Waals surface area contributed by atoms with E-state index in [1.807, 2.05) is 0 Å². The average molecular weight is 335 g/mol. The van der Waals surface area contributed by atoms with Gasteiger partial charge in [-0.1, -0.05) is 12.1 Å². The van der Waals surface area contributed by atoms with Crippen molar-refractivity contribution >= 4 is 11.4 Å². The molecule has 0 fully saturated rings. The number of anilines is 1. The number of para-hydroxylation sites is 2. The quantitative estimate of drug-likeness (QED) is 0.536. The van der Waals surface area contributed by atoms with Crippen molar-refractivity contribution in [3.63, 3.8) is 0 Å². The summed E-state index contributed by atoms with van der Waals surface area (Å²) in [5.41, 5.74) is -0.0915. The standard InChI is InChI=1S/C13H16F3N3O4/c1-2-17(11-5-3-4-6-12(11)19(22)23)9-10(18(20)21)7-8-13(14,15)16/h3-6,10H,2,7-9H2,1H3. The third-order valence-electron chi connectivity index (χ3n) is 3.29. The number of hydrogen-bond donors (Lipinski definition) is 0.